The van der Waals surface area contributed by atoms with E-state index in [0.717, 1.165) is 5.56 Å². The van der Waals surface area contributed by atoms with Crippen LogP contribution in [-0.4, -0.2) is 26.0 Å². The van der Waals surface area contributed by atoms with Crippen LogP contribution >= 0.6 is 35.0 Å². The van der Waals surface area contributed by atoms with Crippen LogP contribution in [-0.2, 0) is 17.0 Å². The maximum atomic E-state index is 10.7. The topological polar surface area (TPSA) is 106 Å². The molecule has 120 valence electrons. The Balaban J connectivity index is 2.08. The molecule has 0 bridgehead atoms. The number of carboxylic acids is 1. The Labute approximate surface area is 144 Å². The maximum Gasteiger partial charge on any atom is 0.308 e. The number of benzene rings is 1. The lowest BCUT2D eigenvalue weighted by Crippen LogP contribution is -2.04. The average molecular weight is 374 g/mol. The van der Waals surface area contributed by atoms with Crippen LogP contribution in [0.5, 0.6) is 0 Å². The van der Waals surface area contributed by atoms with Crippen LogP contribution in [0.25, 0.3) is 0 Å². The van der Waals surface area contributed by atoms with Crippen molar-refractivity contribution in [1.29, 1.82) is 0 Å². The van der Waals surface area contributed by atoms with E-state index in [-0.39, 0.29) is 28.0 Å². The molecule has 0 saturated heterocycles. The van der Waals surface area contributed by atoms with Crippen LogP contribution in [0, 0.1) is 10.1 Å². The first-order valence-corrected chi connectivity index (χ1v) is 7.91. The van der Waals surface area contributed by atoms with Crippen molar-refractivity contribution < 1.29 is 14.8 Å². The van der Waals surface area contributed by atoms with Gasteiger partial charge < -0.3 is 5.11 Å². The van der Waals surface area contributed by atoms with Crippen molar-refractivity contribution in [3.8, 4) is 0 Å². The van der Waals surface area contributed by atoms with Gasteiger partial charge in [-0.25, -0.2) is 9.97 Å². The van der Waals surface area contributed by atoms with Gasteiger partial charge in [0.25, 0.3) is 5.69 Å². The molecule has 0 saturated carbocycles. The standard InChI is InChI=1S/C13H9Cl2N3O4S/c14-11-9(5-10(19)20)12(15)17-13(16-11)23-6-7-1-3-8(4-2-7)18(21)22/h1-4H,5-6H2,(H,19,20). The summed E-state index contributed by atoms with van der Waals surface area (Å²) in [6.07, 6.45) is -0.356. The summed E-state index contributed by atoms with van der Waals surface area (Å²) < 4.78 is 0. The summed E-state index contributed by atoms with van der Waals surface area (Å²) in [6.45, 7) is 0. The number of aromatic nitrogens is 2. The van der Waals surface area contributed by atoms with Gasteiger partial charge in [0.2, 0.25) is 0 Å². The molecule has 2 aromatic rings. The van der Waals surface area contributed by atoms with Crippen LogP contribution in [0.1, 0.15) is 11.1 Å². The Morgan fingerprint density at radius 3 is 2.26 bits per heavy atom. The van der Waals surface area contributed by atoms with Crippen molar-refractivity contribution >= 4 is 46.6 Å². The Kier molecular flexibility index (Phi) is 5.75. The van der Waals surface area contributed by atoms with Crippen molar-refractivity contribution in [1.82, 2.24) is 9.97 Å². The second-order valence-corrected chi connectivity index (χ2v) is 6.01. The molecule has 0 unspecified atom stereocenters. The first kappa shape index (κ1) is 17.5. The van der Waals surface area contributed by atoms with E-state index in [4.69, 9.17) is 28.3 Å². The van der Waals surface area contributed by atoms with E-state index in [0.29, 0.717) is 10.9 Å². The zero-order chi connectivity index (χ0) is 17.0. The monoisotopic (exact) mass is 373 g/mol. The number of rotatable bonds is 6. The largest absolute Gasteiger partial charge is 0.481 e. The first-order chi connectivity index (χ1) is 10.9. The molecule has 1 N–H and O–H groups in total. The van der Waals surface area contributed by atoms with Crippen LogP contribution in [0.4, 0.5) is 5.69 Å². The minimum absolute atomic E-state index is 0.00130. The smallest absolute Gasteiger partial charge is 0.308 e. The first-order valence-electron chi connectivity index (χ1n) is 6.16. The van der Waals surface area contributed by atoms with Gasteiger partial charge in [0.15, 0.2) is 5.16 Å². The SMILES string of the molecule is O=C(O)Cc1c(Cl)nc(SCc2ccc([N+](=O)[O-])cc2)nc1Cl. The van der Waals surface area contributed by atoms with Gasteiger partial charge in [0, 0.05) is 23.4 Å². The lowest BCUT2D eigenvalue weighted by molar-refractivity contribution is -0.384. The lowest BCUT2D eigenvalue weighted by atomic mass is 10.2. The summed E-state index contributed by atoms with van der Waals surface area (Å²) in [4.78, 5) is 28.8. The summed E-state index contributed by atoms with van der Waals surface area (Å²) in [5.74, 6) is -0.619. The Hall–Kier alpha value is -1.90. The third-order valence-electron chi connectivity index (χ3n) is 2.73. The highest BCUT2D eigenvalue weighted by atomic mass is 35.5. The molecular formula is C13H9Cl2N3O4S. The number of halogens is 2. The number of nitro groups is 1. The maximum absolute atomic E-state index is 10.7. The highest BCUT2D eigenvalue weighted by molar-refractivity contribution is 7.98. The van der Waals surface area contributed by atoms with Gasteiger partial charge in [-0.3, -0.25) is 14.9 Å². The minimum Gasteiger partial charge on any atom is -0.481 e. The lowest BCUT2D eigenvalue weighted by Gasteiger charge is -2.06. The number of nitro benzene ring substituents is 1. The fourth-order valence-electron chi connectivity index (χ4n) is 1.64. The highest BCUT2D eigenvalue weighted by Crippen LogP contribution is 2.27. The summed E-state index contributed by atoms with van der Waals surface area (Å²) in [7, 11) is 0. The molecule has 0 radical (unpaired) electrons. The molecule has 0 amide bonds. The van der Waals surface area contributed by atoms with Crippen molar-refractivity contribution in [2.45, 2.75) is 17.3 Å². The third kappa shape index (κ3) is 4.78. The minimum atomic E-state index is -1.08. The molecule has 1 heterocycles. The Bertz CT molecular complexity index is 732. The summed E-state index contributed by atoms with van der Waals surface area (Å²) >= 11 is 13.1. The summed E-state index contributed by atoms with van der Waals surface area (Å²) in [5.41, 5.74) is 1.02. The highest BCUT2D eigenvalue weighted by Gasteiger charge is 2.15. The number of non-ortho nitro benzene ring substituents is 1. The van der Waals surface area contributed by atoms with E-state index in [1.54, 1.807) is 12.1 Å². The van der Waals surface area contributed by atoms with Crippen LogP contribution in [0.15, 0.2) is 29.4 Å². The van der Waals surface area contributed by atoms with Crippen molar-refractivity contribution in [3.63, 3.8) is 0 Å². The van der Waals surface area contributed by atoms with E-state index < -0.39 is 10.9 Å². The normalized spacial score (nSPS) is 10.5. The quantitative estimate of drug-likeness (QED) is 0.271. The van der Waals surface area contributed by atoms with Gasteiger partial charge in [-0.2, -0.15) is 0 Å². The van der Waals surface area contributed by atoms with Crippen molar-refractivity contribution in [3.05, 3.63) is 55.8 Å². The molecule has 0 atom stereocenters. The fourth-order valence-corrected chi connectivity index (χ4v) is 3.06. The number of thioether (sulfide) groups is 1. The van der Waals surface area contributed by atoms with Gasteiger partial charge in [-0.15, -0.1) is 0 Å². The second-order valence-electron chi connectivity index (χ2n) is 4.35. The Morgan fingerprint density at radius 2 is 1.78 bits per heavy atom. The summed E-state index contributed by atoms with van der Waals surface area (Å²) in [6, 6.07) is 6.08. The number of hydrogen-bond donors (Lipinski definition) is 1. The number of hydrogen-bond acceptors (Lipinski definition) is 6. The number of carboxylic acid groups (broad SMARTS) is 1. The molecular weight excluding hydrogens is 365 g/mol. The van der Waals surface area contributed by atoms with E-state index in [2.05, 4.69) is 9.97 Å². The van der Waals surface area contributed by atoms with E-state index >= 15 is 0 Å². The summed E-state index contributed by atoms with van der Waals surface area (Å²) in [5, 5.41) is 19.7. The van der Waals surface area contributed by atoms with Crippen LogP contribution in [0.2, 0.25) is 10.3 Å². The van der Waals surface area contributed by atoms with Gasteiger partial charge in [-0.1, -0.05) is 47.1 Å². The zero-order valence-corrected chi connectivity index (χ0v) is 13.7. The van der Waals surface area contributed by atoms with Crippen molar-refractivity contribution in [2.24, 2.45) is 0 Å². The zero-order valence-electron chi connectivity index (χ0n) is 11.4. The van der Waals surface area contributed by atoms with Crippen LogP contribution in [0.3, 0.4) is 0 Å². The predicted octanol–water partition coefficient (Wildman–Crippen LogP) is 3.61. The predicted molar refractivity (Wildman–Crippen MR) is 86.0 cm³/mol. The molecule has 2 rings (SSSR count). The van der Waals surface area contributed by atoms with E-state index in [1.165, 1.54) is 23.9 Å². The van der Waals surface area contributed by atoms with Gasteiger partial charge >= 0.3 is 5.97 Å². The molecule has 7 nitrogen and oxygen atoms in total. The molecule has 23 heavy (non-hydrogen) atoms. The number of nitrogens with zero attached hydrogens (tertiary/aromatic N) is 3. The number of carbonyl (C=O) groups is 1. The van der Waals surface area contributed by atoms with Crippen molar-refractivity contribution in [2.75, 3.05) is 0 Å². The Morgan fingerprint density at radius 1 is 1.22 bits per heavy atom. The van der Waals surface area contributed by atoms with Crippen LogP contribution < -0.4 is 0 Å². The average Bonchev–Trinajstić information content (AvgIpc) is 2.49. The van der Waals surface area contributed by atoms with Gasteiger partial charge in [-0.05, 0) is 5.56 Å². The molecule has 1 aromatic heterocycles. The third-order valence-corrected chi connectivity index (χ3v) is 4.27. The molecule has 0 aliphatic carbocycles. The van der Waals surface area contributed by atoms with Gasteiger partial charge in [0.05, 0.1) is 11.3 Å². The van der Waals surface area contributed by atoms with E-state index in [1.807, 2.05) is 0 Å². The second kappa shape index (κ2) is 7.58. The molecule has 0 aliphatic rings. The molecule has 0 aliphatic heterocycles. The molecule has 0 spiro atoms. The van der Waals surface area contributed by atoms with Gasteiger partial charge in [0.1, 0.15) is 10.3 Å². The molecule has 1 aromatic carbocycles. The number of aliphatic carboxylic acids is 1. The molecule has 0 fully saturated rings. The van der Waals surface area contributed by atoms with E-state index in [9.17, 15) is 14.9 Å². The molecule has 10 heteroatoms. The fraction of sp³-hybridized carbons (Fsp3) is 0.154.